The van der Waals surface area contributed by atoms with Crippen LogP contribution in [0.5, 0.6) is 11.5 Å². The summed E-state index contributed by atoms with van der Waals surface area (Å²) in [4.78, 5) is 0. The third-order valence-electron chi connectivity index (χ3n) is 4.40. The minimum absolute atomic E-state index is 0.0420. The number of thiocarbonyl (C=S) groups is 1. The quantitative estimate of drug-likeness (QED) is 0.636. The van der Waals surface area contributed by atoms with E-state index in [1.54, 1.807) is 7.11 Å². The van der Waals surface area contributed by atoms with Crippen LogP contribution in [0.15, 0.2) is 40.9 Å². The molecule has 0 aromatic heterocycles. The van der Waals surface area contributed by atoms with Gasteiger partial charge in [0.1, 0.15) is 17.1 Å². The van der Waals surface area contributed by atoms with Gasteiger partial charge in [-0.2, -0.15) is 0 Å². The molecule has 1 heterocycles. The van der Waals surface area contributed by atoms with E-state index < -0.39 is 0 Å². The van der Waals surface area contributed by atoms with Gasteiger partial charge in [0.05, 0.1) is 13.2 Å². The normalized spacial score (nSPS) is 17.7. The van der Waals surface area contributed by atoms with E-state index >= 15 is 0 Å². The Morgan fingerprint density at radius 1 is 1.27 bits per heavy atom. The van der Waals surface area contributed by atoms with Gasteiger partial charge in [-0.3, -0.25) is 0 Å². The maximum atomic E-state index is 6.11. The van der Waals surface area contributed by atoms with E-state index in [0.717, 1.165) is 39.2 Å². The van der Waals surface area contributed by atoms with Crippen LogP contribution in [0.2, 0.25) is 0 Å². The van der Waals surface area contributed by atoms with E-state index in [0.29, 0.717) is 5.11 Å². The number of rotatable bonds is 3. The zero-order chi connectivity index (χ0) is 18.9. The summed E-state index contributed by atoms with van der Waals surface area (Å²) in [5.74, 6) is 1.67. The van der Waals surface area contributed by atoms with Gasteiger partial charge in [0.25, 0.3) is 0 Å². The second-order valence-electron chi connectivity index (χ2n) is 7.08. The van der Waals surface area contributed by atoms with Crippen LogP contribution in [0, 0.1) is 6.92 Å². The average molecular weight is 435 g/mol. The Morgan fingerprint density at radius 2 is 2.04 bits per heavy atom. The van der Waals surface area contributed by atoms with Crippen LogP contribution in [0.1, 0.15) is 37.4 Å². The summed E-state index contributed by atoms with van der Waals surface area (Å²) in [5.41, 5.74) is 2.89. The number of methoxy groups -OCH3 is 1. The highest BCUT2D eigenvalue weighted by Gasteiger charge is 2.34. The van der Waals surface area contributed by atoms with Crippen LogP contribution in [-0.4, -0.2) is 17.8 Å². The van der Waals surface area contributed by atoms with Crippen molar-refractivity contribution in [2.24, 2.45) is 0 Å². The van der Waals surface area contributed by atoms with Crippen LogP contribution in [0.25, 0.3) is 0 Å². The van der Waals surface area contributed by atoms with Crippen LogP contribution in [0.4, 0.5) is 5.69 Å². The lowest BCUT2D eigenvalue weighted by atomic mass is 9.89. The Hall–Kier alpha value is -1.79. The second kappa shape index (κ2) is 7.45. The van der Waals surface area contributed by atoms with Crippen molar-refractivity contribution in [3.05, 3.63) is 52.0 Å². The Morgan fingerprint density at radius 3 is 2.73 bits per heavy atom. The third kappa shape index (κ3) is 4.30. The number of fused-ring (bicyclic) bond motifs is 1. The third-order valence-corrected chi connectivity index (χ3v) is 5.51. The van der Waals surface area contributed by atoms with Crippen molar-refractivity contribution in [1.82, 2.24) is 5.32 Å². The Balaban J connectivity index is 1.79. The molecule has 6 heteroatoms. The van der Waals surface area contributed by atoms with Crippen molar-refractivity contribution >= 4 is 38.9 Å². The summed E-state index contributed by atoms with van der Waals surface area (Å²) in [7, 11) is 1.67. The van der Waals surface area contributed by atoms with E-state index in [4.69, 9.17) is 21.7 Å². The zero-order valence-electron chi connectivity index (χ0n) is 15.4. The number of benzene rings is 2. The summed E-state index contributed by atoms with van der Waals surface area (Å²) in [6.07, 6.45) is 0.800. The maximum Gasteiger partial charge on any atom is 0.171 e. The first-order valence-corrected chi connectivity index (χ1v) is 9.68. The minimum atomic E-state index is -0.275. The molecule has 3 rings (SSSR count). The highest BCUT2D eigenvalue weighted by atomic mass is 79.9. The molecular formula is C20H23BrN2O2S. The largest absolute Gasteiger partial charge is 0.497 e. The summed E-state index contributed by atoms with van der Waals surface area (Å²) >= 11 is 9.07. The molecular weight excluding hydrogens is 412 g/mol. The molecule has 0 amide bonds. The first-order chi connectivity index (χ1) is 12.3. The van der Waals surface area contributed by atoms with Crippen molar-refractivity contribution in [2.75, 3.05) is 12.4 Å². The van der Waals surface area contributed by atoms with Gasteiger partial charge < -0.3 is 20.1 Å². The Labute approximate surface area is 168 Å². The summed E-state index contributed by atoms with van der Waals surface area (Å²) < 4.78 is 12.6. The predicted octanol–water partition coefficient (Wildman–Crippen LogP) is 5.35. The summed E-state index contributed by atoms with van der Waals surface area (Å²) in [5, 5.41) is 7.30. The molecule has 26 heavy (non-hydrogen) atoms. The van der Waals surface area contributed by atoms with Crippen molar-refractivity contribution in [3.63, 3.8) is 0 Å². The van der Waals surface area contributed by atoms with E-state index in [1.165, 1.54) is 0 Å². The van der Waals surface area contributed by atoms with E-state index in [9.17, 15) is 0 Å². The van der Waals surface area contributed by atoms with E-state index in [1.807, 2.05) is 30.3 Å². The lowest BCUT2D eigenvalue weighted by Gasteiger charge is -2.38. The molecule has 1 aliphatic heterocycles. The van der Waals surface area contributed by atoms with Gasteiger partial charge in [-0.1, -0.05) is 15.9 Å². The first kappa shape index (κ1) is 19.0. The summed E-state index contributed by atoms with van der Waals surface area (Å²) in [6, 6.07) is 12.0. The molecule has 2 aromatic rings. The molecule has 0 fully saturated rings. The van der Waals surface area contributed by atoms with Gasteiger partial charge >= 0.3 is 0 Å². The molecule has 2 N–H and O–H groups in total. The fraction of sp³-hybridized carbons (Fsp3) is 0.350. The number of aryl methyl sites for hydroxylation is 1. The molecule has 0 radical (unpaired) electrons. The van der Waals surface area contributed by atoms with Gasteiger partial charge in [0, 0.05) is 22.1 Å². The van der Waals surface area contributed by atoms with Gasteiger partial charge in [0.15, 0.2) is 5.11 Å². The van der Waals surface area contributed by atoms with Crippen LogP contribution < -0.4 is 20.1 Å². The number of nitrogens with one attached hydrogen (secondary N) is 2. The van der Waals surface area contributed by atoms with Gasteiger partial charge in [-0.25, -0.2) is 0 Å². The maximum absolute atomic E-state index is 6.11. The van der Waals surface area contributed by atoms with Crippen molar-refractivity contribution < 1.29 is 9.47 Å². The Kier molecular flexibility index (Phi) is 5.44. The summed E-state index contributed by atoms with van der Waals surface area (Å²) in [6.45, 7) is 6.22. The number of hydrogen-bond donors (Lipinski definition) is 2. The number of ether oxygens (including phenoxy) is 2. The molecule has 1 aliphatic rings. The molecule has 0 saturated carbocycles. The van der Waals surface area contributed by atoms with Gasteiger partial charge in [-0.15, -0.1) is 0 Å². The SMILES string of the molecule is COc1ccc2c(c1)[C@@H](NC(=S)Nc1ccc(Br)c(C)c1)CC(C)(C)O2. The van der Waals surface area contributed by atoms with Gasteiger partial charge in [0.2, 0.25) is 0 Å². The molecule has 2 aromatic carbocycles. The lowest BCUT2D eigenvalue weighted by molar-refractivity contribution is 0.0695. The number of halogens is 1. The highest BCUT2D eigenvalue weighted by Crippen LogP contribution is 2.41. The van der Waals surface area contributed by atoms with Crippen molar-refractivity contribution in [2.45, 2.75) is 38.8 Å². The minimum Gasteiger partial charge on any atom is -0.497 e. The van der Waals surface area contributed by atoms with Gasteiger partial charge in [-0.05, 0) is 75.0 Å². The lowest BCUT2D eigenvalue weighted by Crippen LogP contribution is -2.42. The van der Waals surface area contributed by atoms with Crippen molar-refractivity contribution in [1.29, 1.82) is 0 Å². The number of anilines is 1. The molecule has 1 atom stereocenters. The predicted molar refractivity (Wildman–Crippen MR) is 113 cm³/mol. The smallest absolute Gasteiger partial charge is 0.171 e. The zero-order valence-corrected chi connectivity index (χ0v) is 17.8. The van der Waals surface area contributed by atoms with Crippen LogP contribution in [-0.2, 0) is 0 Å². The highest BCUT2D eigenvalue weighted by molar-refractivity contribution is 9.10. The van der Waals surface area contributed by atoms with Crippen molar-refractivity contribution in [3.8, 4) is 11.5 Å². The van der Waals surface area contributed by atoms with Crippen LogP contribution in [0.3, 0.4) is 0 Å². The van der Waals surface area contributed by atoms with Crippen LogP contribution >= 0.6 is 28.1 Å². The monoisotopic (exact) mass is 434 g/mol. The topological polar surface area (TPSA) is 42.5 Å². The first-order valence-electron chi connectivity index (χ1n) is 8.48. The fourth-order valence-electron chi connectivity index (χ4n) is 3.14. The Bertz CT molecular complexity index is 839. The van der Waals surface area contributed by atoms with E-state index in [2.05, 4.69) is 53.4 Å². The molecule has 4 nitrogen and oxygen atoms in total. The molecule has 0 unspecified atom stereocenters. The average Bonchev–Trinajstić information content (AvgIpc) is 2.57. The second-order valence-corrected chi connectivity index (χ2v) is 8.35. The standard InChI is InChI=1S/C20H23BrN2O2S/c1-12-9-13(5-7-16(12)21)22-19(26)23-17-11-20(2,3)25-18-8-6-14(24-4)10-15(17)18/h5-10,17H,11H2,1-4H3,(H2,22,23,26)/t17-/m0/s1. The molecule has 0 spiro atoms. The number of hydrogen-bond acceptors (Lipinski definition) is 3. The molecule has 0 aliphatic carbocycles. The molecule has 138 valence electrons. The molecule has 0 bridgehead atoms. The van der Waals surface area contributed by atoms with E-state index in [-0.39, 0.29) is 11.6 Å². The molecule has 0 saturated heterocycles. The fourth-order valence-corrected chi connectivity index (χ4v) is 3.64.